The van der Waals surface area contributed by atoms with E-state index in [0.29, 0.717) is 37.9 Å². The van der Waals surface area contributed by atoms with Gasteiger partial charge in [-0.25, -0.2) is 0 Å². The third-order valence-electron chi connectivity index (χ3n) is 4.14. The topological polar surface area (TPSA) is 49.4 Å². The highest BCUT2D eigenvalue weighted by Gasteiger charge is 2.31. The Labute approximate surface area is 194 Å². The Morgan fingerprint density at radius 1 is 1.13 bits per heavy atom. The zero-order chi connectivity index (χ0) is 21.5. The number of benzene rings is 2. The highest BCUT2D eigenvalue weighted by Crippen LogP contribution is 2.31. The fourth-order valence-corrected chi connectivity index (χ4v) is 4.55. The van der Waals surface area contributed by atoms with Crippen molar-refractivity contribution in [2.45, 2.75) is 12.8 Å². The molecule has 30 heavy (non-hydrogen) atoms. The maximum absolute atomic E-state index is 12.6. The number of thiocarbonyl (C=S) groups is 1. The maximum Gasteiger partial charge on any atom is 0.266 e. The summed E-state index contributed by atoms with van der Waals surface area (Å²) in [6, 6.07) is 14.7. The number of nitrogens with one attached hydrogen (secondary N) is 1. The molecule has 0 aliphatic carbocycles. The molecule has 0 bridgehead atoms. The largest absolute Gasteiger partial charge is 0.326 e. The van der Waals surface area contributed by atoms with Gasteiger partial charge in [0, 0.05) is 28.7 Å². The van der Waals surface area contributed by atoms with Crippen LogP contribution in [0, 0.1) is 0 Å². The molecular formula is C22H18Cl2N2O2S2. The van der Waals surface area contributed by atoms with E-state index in [-0.39, 0.29) is 18.2 Å². The molecule has 0 saturated carbocycles. The van der Waals surface area contributed by atoms with E-state index in [1.807, 2.05) is 42.5 Å². The highest BCUT2D eigenvalue weighted by molar-refractivity contribution is 8.26. The predicted octanol–water partition coefficient (Wildman–Crippen LogP) is 6.17. The monoisotopic (exact) mass is 476 g/mol. The maximum atomic E-state index is 12.6. The van der Waals surface area contributed by atoms with Crippen molar-refractivity contribution in [3.63, 3.8) is 0 Å². The first-order chi connectivity index (χ1) is 14.4. The second-order valence-electron chi connectivity index (χ2n) is 6.44. The molecule has 2 aromatic rings. The number of nitrogens with zero attached hydrogens (tertiary/aromatic N) is 1. The molecule has 8 heteroatoms. The summed E-state index contributed by atoms with van der Waals surface area (Å²) in [6.45, 7) is 0.383. The average molecular weight is 477 g/mol. The first kappa shape index (κ1) is 22.6. The number of amides is 2. The molecule has 2 amide bonds. The highest BCUT2D eigenvalue weighted by atomic mass is 35.5. The molecular weight excluding hydrogens is 459 g/mol. The summed E-state index contributed by atoms with van der Waals surface area (Å²) >= 11 is 18.5. The summed E-state index contributed by atoms with van der Waals surface area (Å²) in [5.74, 6) is -0.315. The number of carbonyl (C=O) groups is 2. The molecule has 1 fully saturated rings. The van der Waals surface area contributed by atoms with Crippen molar-refractivity contribution in [2.24, 2.45) is 0 Å². The lowest BCUT2D eigenvalue weighted by Crippen LogP contribution is -2.29. The number of thioether (sulfide) groups is 1. The number of rotatable bonds is 7. The molecule has 1 aliphatic heterocycles. The van der Waals surface area contributed by atoms with Crippen LogP contribution in [-0.4, -0.2) is 27.6 Å². The smallest absolute Gasteiger partial charge is 0.266 e. The molecule has 2 aromatic carbocycles. The third-order valence-corrected chi connectivity index (χ3v) is 5.97. The first-order valence-electron chi connectivity index (χ1n) is 9.15. The summed E-state index contributed by atoms with van der Waals surface area (Å²) in [7, 11) is 0. The van der Waals surface area contributed by atoms with Crippen LogP contribution in [0.25, 0.3) is 6.08 Å². The van der Waals surface area contributed by atoms with Crippen LogP contribution in [0.2, 0.25) is 10.0 Å². The molecule has 3 rings (SSSR count). The Morgan fingerprint density at radius 3 is 2.53 bits per heavy atom. The average Bonchev–Trinajstić information content (AvgIpc) is 2.95. The van der Waals surface area contributed by atoms with Crippen molar-refractivity contribution in [1.82, 2.24) is 4.90 Å². The summed E-state index contributed by atoms with van der Waals surface area (Å²) in [6.07, 6.45) is 6.26. The summed E-state index contributed by atoms with van der Waals surface area (Å²) in [5.41, 5.74) is 1.59. The van der Waals surface area contributed by atoms with Crippen molar-refractivity contribution in [3.8, 4) is 0 Å². The third kappa shape index (κ3) is 6.44. The normalized spacial score (nSPS) is 15.4. The SMILES string of the molecule is O=C(CCCN1C(=O)C(=CC=Cc2ccccc2)SC1=S)Nc1cc(Cl)cc(Cl)c1. The summed E-state index contributed by atoms with van der Waals surface area (Å²) < 4.78 is 0.501. The van der Waals surface area contributed by atoms with Crippen molar-refractivity contribution >= 4 is 75.1 Å². The molecule has 154 valence electrons. The van der Waals surface area contributed by atoms with Gasteiger partial charge in [0.1, 0.15) is 4.32 Å². The molecule has 0 spiro atoms. The van der Waals surface area contributed by atoms with E-state index in [2.05, 4.69) is 5.32 Å². The van der Waals surface area contributed by atoms with E-state index in [9.17, 15) is 9.59 Å². The number of halogens is 2. The lowest BCUT2D eigenvalue weighted by molar-refractivity contribution is -0.122. The first-order valence-corrected chi connectivity index (χ1v) is 11.1. The molecule has 0 aromatic heterocycles. The second kappa shape index (κ2) is 10.8. The van der Waals surface area contributed by atoms with Gasteiger partial charge in [-0.3, -0.25) is 14.5 Å². The van der Waals surface area contributed by atoms with Gasteiger partial charge in [0.15, 0.2) is 0 Å². The van der Waals surface area contributed by atoms with Gasteiger partial charge in [-0.1, -0.05) is 89.7 Å². The minimum absolute atomic E-state index is 0.134. The summed E-state index contributed by atoms with van der Waals surface area (Å²) in [4.78, 5) is 26.8. The Kier molecular flexibility index (Phi) is 8.10. The van der Waals surface area contributed by atoms with Crippen LogP contribution < -0.4 is 5.32 Å². The number of carbonyl (C=O) groups excluding carboxylic acids is 2. The number of hydrogen-bond donors (Lipinski definition) is 1. The van der Waals surface area contributed by atoms with Crippen LogP contribution in [0.3, 0.4) is 0 Å². The molecule has 1 aliphatic rings. The fraction of sp³-hybridized carbons (Fsp3) is 0.136. The van der Waals surface area contributed by atoms with Crippen LogP contribution in [0.4, 0.5) is 5.69 Å². The minimum atomic E-state index is -0.180. The van der Waals surface area contributed by atoms with Crippen LogP contribution in [0.5, 0.6) is 0 Å². The Morgan fingerprint density at radius 2 is 1.83 bits per heavy atom. The van der Waals surface area contributed by atoms with E-state index >= 15 is 0 Å². The van der Waals surface area contributed by atoms with Gasteiger partial charge < -0.3 is 5.32 Å². The minimum Gasteiger partial charge on any atom is -0.326 e. The summed E-state index contributed by atoms with van der Waals surface area (Å²) in [5, 5.41) is 3.65. The predicted molar refractivity (Wildman–Crippen MR) is 130 cm³/mol. The van der Waals surface area contributed by atoms with Crippen molar-refractivity contribution in [1.29, 1.82) is 0 Å². The van der Waals surface area contributed by atoms with Crippen molar-refractivity contribution < 1.29 is 9.59 Å². The van der Waals surface area contributed by atoms with Gasteiger partial charge in [-0.2, -0.15) is 0 Å². The zero-order valence-corrected chi connectivity index (χ0v) is 19.0. The van der Waals surface area contributed by atoms with Gasteiger partial charge >= 0.3 is 0 Å². The quantitative estimate of drug-likeness (QED) is 0.383. The fourth-order valence-electron chi connectivity index (χ4n) is 2.76. The van der Waals surface area contributed by atoms with E-state index in [0.717, 1.165) is 5.56 Å². The Balaban J connectivity index is 1.50. The zero-order valence-electron chi connectivity index (χ0n) is 15.8. The molecule has 0 unspecified atom stereocenters. The van der Waals surface area contributed by atoms with Crippen molar-refractivity contribution in [3.05, 3.63) is 81.2 Å². The van der Waals surface area contributed by atoms with Gasteiger partial charge in [0.2, 0.25) is 5.91 Å². The van der Waals surface area contributed by atoms with Gasteiger partial charge in [-0.15, -0.1) is 0 Å². The van der Waals surface area contributed by atoms with Gasteiger partial charge in [0.25, 0.3) is 5.91 Å². The molecule has 0 radical (unpaired) electrons. The van der Waals surface area contributed by atoms with Crippen LogP contribution in [-0.2, 0) is 9.59 Å². The number of anilines is 1. The molecule has 4 nitrogen and oxygen atoms in total. The van der Waals surface area contributed by atoms with E-state index in [1.54, 1.807) is 24.3 Å². The second-order valence-corrected chi connectivity index (χ2v) is 8.98. The Bertz CT molecular complexity index is 1000. The van der Waals surface area contributed by atoms with E-state index in [4.69, 9.17) is 35.4 Å². The molecule has 0 atom stereocenters. The van der Waals surface area contributed by atoms with Crippen LogP contribution >= 0.6 is 47.2 Å². The number of hydrogen-bond acceptors (Lipinski definition) is 4. The number of allylic oxidation sites excluding steroid dienone is 2. The van der Waals surface area contributed by atoms with Gasteiger partial charge in [-0.05, 0) is 36.3 Å². The van der Waals surface area contributed by atoms with Crippen LogP contribution in [0.15, 0.2) is 65.6 Å². The van der Waals surface area contributed by atoms with Crippen molar-refractivity contribution in [2.75, 3.05) is 11.9 Å². The molecule has 1 heterocycles. The Hall–Kier alpha value is -2.12. The molecule has 1 N–H and O–H groups in total. The lowest BCUT2D eigenvalue weighted by atomic mass is 10.2. The van der Waals surface area contributed by atoms with E-state index in [1.165, 1.54) is 16.7 Å². The van der Waals surface area contributed by atoms with Crippen LogP contribution in [0.1, 0.15) is 18.4 Å². The van der Waals surface area contributed by atoms with E-state index < -0.39 is 0 Å². The standard InChI is InChI=1S/C22H18Cl2N2O2S2/c23-16-12-17(24)14-18(13-16)25-20(27)10-5-11-26-21(28)19(30-22(26)29)9-4-8-15-6-2-1-3-7-15/h1-4,6-9,12-14H,5,10-11H2,(H,25,27). The van der Waals surface area contributed by atoms with Gasteiger partial charge in [0.05, 0.1) is 4.91 Å². The molecule has 1 saturated heterocycles. The lowest BCUT2D eigenvalue weighted by Gasteiger charge is -2.14.